The van der Waals surface area contributed by atoms with Gasteiger partial charge in [-0.2, -0.15) is 0 Å². The Hall–Kier alpha value is -0.910. The van der Waals surface area contributed by atoms with Crippen LogP contribution >= 0.6 is 35.0 Å². The predicted molar refractivity (Wildman–Crippen MR) is 92.8 cm³/mol. The molecule has 122 valence electrons. The normalized spacial score (nSPS) is 10.4. The van der Waals surface area contributed by atoms with E-state index in [-0.39, 0.29) is 24.1 Å². The molecule has 1 aromatic carbocycles. The third-order valence-electron chi connectivity index (χ3n) is 3.16. The molecule has 1 rings (SSSR count). The number of carbonyl (C=O) groups excluding carboxylic acids is 2. The summed E-state index contributed by atoms with van der Waals surface area (Å²) in [5, 5.41) is 1.13. The van der Waals surface area contributed by atoms with E-state index in [2.05, 4.69) is 0 Å². The number of amides is 2. The van der Waals surface area contributed by atoms with Gasteiger partial charge in [-0.3, -0.25) is 9.59 Å². The van der Waals surface area contributed by atoms with E-state index in [0.29, 0.717) is 23.1 Å². The molecule has 0 aliphatic heterocycles. The van der Waals surface area contributed by atoms with Crippen LogP contribution in [0.2, 0.25) is 10.0 Å². The molecule has 0 aliphatic rings. The second kappa shape index (κ2) is 9.28. The number of thioether (sulfide) groups is 1. The highest BCUT2D eigenvalue weighted by molar-refractivity contribution is 8.00. The Bertz CT molecular complexity index is 536. The molecule has 0 heterocycles. The van der Waals surface area contributed by atoms with Gasteiger partial charge in [-0.25, -0.2) is 0 Å². The van der Waals surface area contributed by atoms with E-state index in [1.165, 1.54) is 16.7 Å². The third-order valence-corrected chi connectivity index (χ3v) is 4.88. The van der Waals surface area contributed by atoms with E-state index >= 15 is 0 Å². The van der Waals surface area contributed by atoms with Gasteiger partial charge >= 0.3 is 0 Å². The fourth-order valence-electron chi connectivity index (χ4n) is 1.80. The molecule has 0 radical (unpaired) electrons. The number of halogens is 2. The van der Waals surface area contributed by atoms with Crippen LogP contribution in [0.1, 0.15) is 13.8 Å². The molecule has 0 saturated heterocycles. The maximum atomic E-state index is 12.1. The summed E-state index contributed by atoms with van der Waals surface area (Å²) >= 11 is 13.3. The Balaban J connectivity index is 2.54. The minimum atomic E-state index is -0.124. The standard InChI is InChI=1S/C15H20Cl2N2O2S/c1-4-19(5-2)14(20)9-18(3)15(21)10-22-13-8-11(16)6-7-12(13)17/h6-8H,4-5,9-10H2,1-3H3. The summed E-state index contributed by atoms with van der Waals surface area (Å²) in [5.74, 6) is 0.0374. The maximum Gasteiger partial charge on any atom is 0.242 e. The van der Waals surface area contributed by atoms with Gasteiger partial charge in [0.25, 0.3) is 0 Å². The van der Waals surface area contributed by atoms with Gasteiger partial charge in [0.2, 0.25) is 11.8 Å². The van der Waals surface area contributed by atoms with Crippen LogP contribution in [0.25, 0.3) is 0 Å². The highest BCUT2D eigenvalue weighted by Gasteiger charge is 2.17. The van der Waals surface area contributed by atoms with E-state index in [1.807, 2.05) is 13.8 Å². The Morgan fingerprint density at radius 3 is 2.36 bits per heavy atom. The average molecular weight is 363 g/mol. The molecule has 0 saturated carbocycles. The minimum Gasteiger partial charge on any atom is -0.342 e. The highest BCUT2D eigenvalue weighted by Crippen LogP contribution is 2.29. The summed E-state index contributed by atoms with van der Waals surface area (Å²) in [5.41, 5.74) is 0. The fraction of sp³-hybridized carbons (Fsp3) is 0.467. The monoisotopic (exact) mass is 362 g/mol. The lowest BCUT2D eigenvalue weighted by Gasteiger charge is -2.23. The summed E-state index contributed by atoms with van der Waals surface area (Å²) in [4.78, 5) is 28.0. The second-order valence-corrected chi connectivity index (χ2v) is 6.54. The summed E-state index contributed by atoms with van der Waals surface area (Å²) in [6, 6.07) is 5.12. The maximum absolute atomic E-state index is 12.1. The lowest BCUT2D eigenvalue weighted by atomic mass is 10.4. The minimum absolute atomic E-state index is 0.0494. The number of likely N-dealkylation sites (N-methyl/N-ethyl adjacent to an activating group) is 2. The van der Waals surface area contributed by atoms with Crippen LogP contribution in [0.3, 0.4) is 0 Å². The zero-order valence-corrected chi connectivity index (χ0v) is 15.3. The number of nitrogens with zero attached hydrogens (tertiary/aromatic N) is 2. The number of hydrogen-bond donors (Lipinski definition) is 0. The first kappa shape index (κ1) is 19.1. The lowest BCUT2D eigenvalue weighted by Crippen LogP contribution is -2.41. The van der Waals surface area contributed by atoms with Gasteiger partial charge in [0.15, 0.2) is 0 Å². The predicted octanol–water partition coefficient (Wildman–Crippen LogP) is 3.41. The molecule has 0 bridgehead atoms. The Morgan fingerprint density at radius 1 is 1.14 bits per heavy atom. The van der Waals surface area contributed by atoms with Crippen molar-refractivity contribution in [2.45, 2.75) is 18.7 Å². The summed E-state index contributed by atoms with van der Waals surface area (Å²) < 4.78 is 0. The van der Waals surface area contributed by atoms with E-state index in [9.17, 15) is 9.59 Å². The smallest absolute Gasteiger partial charge is 0.242 e. The van der Waals surface area contributed by atoms with Gasteiger partial charge in [-0.05, 0) is 32.0 Å². The third kappa shape index (κ3) is 5.71. The van der Waals surface area contributed by atoms with Gasteiger partial charge in [0.05, 0.1) is 17.3 Å². The first-order valence-electron chi connectivity index (χ1n) is 6.98. The van der Waals surface area contributed by atoms with Crippen molar-refractivity contribution >= 4 is 46.8 Å². The first-order chi connectivity index (χ1) is 10.4. The zero-order chi connectivity index (χ0) is 16.7. The summed E-state index contributed by atoms with van der Waals surface area (Å²) in [7, 11) is 1.63. The van der Waals surface area contributed by atoms with E-state index in [1.54, 1.807) is 30.1 Å². The molecular weight excluding hydrogens is 343 g/mol. The summed E-state index contributed by atoms with van der Waals surface area (Å²) in [6.07, 6.45) is 0. The van der Waals surface area contributed by atoms with Gasteiger partial charge < -0.3 is 9.80 Å². The zero-order valence-electron chi connectivity index (χ0n) is 12.9. The fourth-order valence-corrected chi connectivity index (χ4v) is 3.24. The van der Waals surface area contributed by atoms with Crippen LogP contribution in [-0.2, 0) is 9.59 Å². The highest BCUT2D eigenvalue weighted by atomic mass is 35.5. The number of benzene rings is 1. The van der Waals surface area contributed by atoms with Crippen LogP contribution < -0.4 is 0 Å². The summed E-state index contributed by atoms with van der Waals surface area (Å²) in [6.45, 7) is 5.21. The number of carbonyl (C=O) groups is 2. The van der Waals surface area contributed by atoms with Crippen LogP contribution in [0.4, 0.5) is 0 Å². The van der Waals surface area contributed by atoms with Crippen molar-refractivity contribution in [2.75, 3.05) is 32.4 Å². The molecule has 0 aromatic heterocycles. The van der Waals surface area contributed by atoms with Crippen LogP contribution in [0.5, 0.6) is 0 Å². The molecule has 0 atom stereocenters. The molecule has 22 heavy (non-hydrogen) atoms. The molecular formula is C15H20Cl2N2O2S. The van der Waals surface area contributed by atoms with Crippen LogP contribution in [0, 0.1) is 0 Å². The van der Waals surface area contributed by atoms with E-state index in [0.717, 1.165) is 4.90 Å². The number of hydrogen-bond acceptors (Lipinski definition) is 3. The number of rotatable bonds is 7. The molecule has 1 aromatic rings. The quantitative estimate of drug-likeness (QED) is 0.697. The Kier molecular flexibility index (Phi) is 8.07. The van der Waals surface area contributed by atoms with Gasteiger partial charge in [0.1, 0.15) is 0 Å². The molecule has 0 aliphatic carbocycles. The van der Waals surface area contributed by atoms with Crippen molar-refractivity contribution in [3.05, 3.63) is 28.2 Å². The molecule has 7 heteroatoms. The first-order valence-corrected chi connectivity index (χ1v) is 8.72. The van der Waals surface area contributed by atoms with Crippen molar-refractivity contribution in [3.8, 4) is 0 Å². The van der Waals surface area contributed by atoms with E-state index in [4.69, 9.17) is 23.2 Å². The molecule has 4 nitrogen and oxygen atoms in total. The SMILES string of the molecule is CCN(CC)C(=O)CN(C)C(=O)CSc1cc(Cl)ccc1Cl. The topological polar surface area (TPSA) is 40.6 Å². The average Bonchev–Trinajstić information content (AvgIpc) is 2.49. The van der Waals surface area contributed by atoms with Gasteiger partial charge in [0, 0.05) is 30.1 Å². The van der Waals surface area contributed by atoms with Crippen molar-refractivity contribution in [1.29, 1.82) is 0 Å². The Morgan fingerprint density at radius 2 is 1.77 bits per heavy atom. The van der Waals surface area contributed by atoms with Crippen LogP contribution in [-0.4, -0.2) is 54.0 Å². The molecule has 0 unspecified atom stereocenters. The molecule has 2 amide bonds. The van der Waals surface area contributed by atoms with Gasteiger partial charge in [-0.15, -0.1) is 11.8 Å². The van der Waals surface area contributed by atoms with Crippen molar-refractivity contribution < 1.29 is 9.59 Å². The van der Waals surface area contributed by atoms with Crippen molar-refractivity contribution in [3.63, 3.8) is 0 Å². The van der Waals surface area contributed by atoms with Gasteiger partial charge in [-0.1, -0.05) is 23.2 Å². The Labute approximate surface area is 145 Å². The molecule has 0 N–H and O–H groups in total. The second-order valence-electron chi connectivity index (χ2n) is 4.68. The lowest BCUT2D eigenvalue weighted by molar-refractivity contribution is -0.137. The van der Waals surface area contributed by atoms with Crippen molar-refractivity contribution in [1.82, 2.24) is 9.80 Å². The van der Waals surface area contributed by atoms with Crippen molar-refractivity contribution in [2.24, 2.45) is 0 Å². The van der Waals surface area contributed by atoms with Crippen LogP contribution in [0.15, 0.2) is 23.1 Å². The molecule has 0 fully saturated rings. The van der Waals surface area contributed by atoms with E-state index < -0.39 is 0 Å². The largest absolute Gasteiger partial charge is 0.342 e. The molecule has 0 spiro atoms.